The van der Waals surface area contributed by atoms with Crippen molar-refractivity contribution in [1.82, 2.24) is 19.1 Å². The van der Waals surface area contributed by atoms with E-state index in [2.05, 4.69) is 25.8 Å². The number of anilines is 2. The van der Waals surface area contributed by atoms with Gasteiger partial charge in [-0.1, -0.05) is 18.2 Å². The molecule has 1 aliphatic rings. The molecule has 0 aliphatic carbocycles. The maximum absolute atomic E-state index is 12.6. The Hall–Kier alpha value is -3.77. The van der Waals surface area contributed by atoms with Crippen molar-refractivity contribution in [3.05, 3.63) is 50.7 Å². The number of H-pyrrole nitrogens is 1. The Morgan fingerprint density at radius 2 is 2.03 bits per heavy atom. The lowest BCUT2D eigenvalue weighted by Gasteiger charge is -2.18. The Labute approximate surface area is 187 Å². The van der Waals surface area contributed by atoms with E-state index in [1.54, 1.807) is 0 Å². The highest BCUT2D eigenvalue weighted by Crippen LogP contribution is 2.21. The number of aliphatic hydroxyl groups is 1. The average molecular weight is 455 g/mol. The van der Waals surface area contributed by atoms with E-state index in [1.807, 2.05) is 38.1 Å². The van der Waals surface area contributed by atoms with E-state index in [4.69, 9.17) is 4.74 Å². The van der Waals surface area contributed by atoms with Gasteiger partial charge >= 0.3 is 5.69 Å². The Kier molecular flexibility index (Phi) is 6.11. The van der Waals surface area contributed by atoms with Crippen LogP contribution < -0.4 is 22.0 Å². The molecule has 4 N–H and O–H groups in total. The molecule has 12 nitrogen and oxygen atoms in total. The van der Waals surface area contributed by atoms with E-state index in [1.165, 1.54) is 16.2 Å². The van der Waals surface area contributed by atoms with Crippen LogP contribution in [0.5, 0.6) is 0 Å². The quantitative estimate of drug-likeness (QED) is 0.370. The van der Waals surface area contributed by atoms with Crippen molar-refractivity contribution >= 4 is 34.4 Å². The van der Waals surface area contributed by atoms with Gasteiger partial charge in [0, 0.05) is 19.2 Å². The molecule has 4 rings (SSSR count). The zero-order valence-electron chi connectivity index (χ0n) is 18.5. The largest absolute Gasteiger partial charge is 0.389 e. The summed E-state index contributed by atoms with van der Waals surface area (Å²) in [5, 5.41) is 17.4. The highest BCUT2D eigenvalue weighted by atomic mass is 16.5. The number of hydrazone groups is 1. The van der Waals surface area contributed by atoms with Gasteiger partial charge in [0.2, 0.25) is 5.95 Å². The number of benzene rings is 1. The van der Waals surface area contributed by atoms with Crippen LogP contribution in [0.25, 0.3) is 11.2 Å². The topological polar surface area (TPSA) is 156 Å². The number of carbonyl (C=O) groups is 1. The van der Waals surface area contributed by atoms with Crippen molar-refractivity contribution in [2.75, 3.05) is 17.3 Å². The number of amides is 1. The van der Waals surface area contributed by atoms with Crippen LogP contribution in [0.15, 0.2) is 39.0 Å². The highest BCUT2D eigenvalue weighted by molar-refractivity contribution is 6.45. The number of aromatic nitrogens is 4. The summed E-state index contributed by atoms with van der Waals surface area (Å²) in [6, 6.07) is 7.40. The molecule has 0 radical (unpaired) electrons. The molecular formula is C21H25N7O5. The third kappa shape index (κ3) is 4.56. The fourth-order valence-electron chi connectivity index (χ4n) is 3.52. The van der Waals surface area contributed by atoms with Gasteiger partial charge in [0.15, 0.2) is 11.2 Å². The van der Waals surface area contributed by atoms with E-state index in [-0.39, 0.29) is 48.0 Å². The number of hydrogen-bond acceptors (Lipinski definition) is 8. The van der Waals surface area contributed by atoms with E-state index in [9.17, 15) is 19.5 Å². The predicted molar refractivity (Wildman–Crippen MR) is 123 cm³/mol. The number of aromatic amines is 1. The van der Waals surface area contributed by atoms with E-state index in [0.29, 0.717) is 6.42 Å². The minimum atomic E-state index is -0.959. The number of nitrogens with zero attached hydrogens (tertiary/aromatic N) is 4. The second-order valence-electron chi connectivity index (χ2n) is 8.03. The number of carbonyl (C=O) groups excluding carboxylic acids is 1. The summed E-state index contributed by atoms with van der Waals surface area (Å²) >= 11 is 0. The summed E-state index contributed by atoms with van der Waals surface area (Å²) in [5.74, 6) is -0.265. The summed E-state index contributed by atoms with van der Waals surface area (Å²) in [6.07, 6.45) is -0.737. The molecule has 3 heterocycles. The minimum absolute atomic E-state index is 0.0359. The van der Waals surface area contributed by atoms with Crippen LogP contribution in [0, 0.1) is 0 Å². The molecule has 0 bridgehead atoms. The second kappa shape index (κ2) is 9.00. The van der Waals surface area contributed by atoms with Gasteiger partial charge in [-0.05, 0) is 25.5 Å². The number of imidazole rings is 1. The highest BCUT2D eigenvalue weighted by Gasteiger charge is 2.23. The number of para-hydroxylation sites is 1. The van der Waals surface area contributed by atoms with Crippen LogP contribution in [-0.4, -0.2) is 54.6 Å². The Balaban J connectivity index is 1.71. The monoisotopic (exact) mass is 455 g/mol. The molecule has 3 aromatic rings. The first-order valence-electron chi connectivity index (χ1n) is 10.5. The van der Waals surface area contributed by atoms with Crippen LogP contribution in [-0.2, 0) is 29.5 Å². The molecule has 1 amide bonds. The van der Waals surface area contributed by atoms with Crippen molar-refractivity contribution in [2.45, 2.75) is 39.0 Å². The smallest absolute Gasteiger partial charge is 0.329 e. The van der Waals surface area contributed by atoms with Gasteiger partial charge in [-0.15, -0.1) is 0 Å². The van der Waals surface area contributed by atoms with Gasteiger partial charge in [-0.3, -0.25) is 19.1 Å². The zero-order chi connectivity index (χ0) is 23.7. The number of aliphatic hydroxyl groups excluding tert-OH is 1. The maximum Gasteiger partial charge on any atom is 0.329 e. The first-order chi connectivity index (χ1) is 15.7. The van der Waals surface area contributed by atoms with Crippen molar-refractivity contribution in [3.63, 3.8) is 0 Å². The summed E-state index contributed by atoms with van der Waals surface area (Å²) in [6.45, 7) is 3.67. The van der Waals surface area contributed by atoms with Gasteiger partial charge < -0.3 is 19.7 Å². The molecule has 1 aromatic carbocycles. The Morgan fingerprint density at radius 1 is 1.27 bits per heavy atom. The van der Waals surface area contributed by atoms with E-state index < -0.39 is 17.4 Å². The number of hydrogen-bond donors (Lipinski definition) is 4. The summed E-state index contributed by atoms with van der Waals surface area (Å²) < 4.78 is 8.06. The molecule has 0 fully saturated rings. The van der Waals surface area contributed by atoms with Crippen molar-refractivity contribution in [2.24, 2.45) is 12.1 Å². The van der Waals surface area contributed by atoms with Crippen LogP contribution in [0.1, 0.15) is 19.4 Å². The number of nitrogens with one attached hydrogen (secondary N) is 3. The molecular weight excluding hydrogens is 430 g/mol. The molecule has 12 heteroatoms. The van der Waals surface area contributed by atoms with Crippen molar-refractivity contribution < 1.29 is 14.6 Å². The van der Waals surface area contributed by atoms with Gasteiger partial charge in [-0.25, -0.2) is 10.2 Å². The Morgan fingerprint density at radius 3 is 2.79 bits per heavy atom. The maximum atomic E-state index is 12.6. The summed E-state index contributed by atoms with van der Waals surface area (Å²) in [5.41, 5.74) is 3.52. The lowest BCUT2D eigenvalue weighted by Crippen LogP contribution is -2.31. The number of aryl methyl sites for hydroxylation is 1. The van der Waals surface area contributed by atoms with Crippen LogP contribution in [0.4, 0.5) is 11.6 Å². The molecule has 0 saturated heterocycles. The normalized spacial score (nSPS) is 15.7. The lowest BCUT2D eigenvalue weighted by molar-refractivity contribution is -0.110. The molecule has 1 atom stereocenters. The number of fused-ring (bicyclic) bond motifs is 2. The summed E-state index contributed by atoms with van der Waals surface area (Å²) in [4.78, 5) is 43.6. The molecule has 1 aliphatic heterocycles. The molecule has 0 spiro atoms. The molecule has 0 saturated carbocycles. The third-order valence-corrected chi connectivity index (χ3v) is 5.20. The molecule has 33 heavy (non-hydrogen) atoms. The summed E-state index contributed by atoms with van der Waals surface area (Å²) in [7, 11) is 1.47. The molecule has 0 unspecified atom stereocenters. The standard InChI is InChI=1S/C21H25N7O5/c1-11(2)33-10-13(29)9-28-16-17(27(3)21(32)24-19(16)31)23-20(28)26-25-15-8-12-6-4-5-7-14(12)22-18(15)30/h4-7,11,13,29H,8-10H2,1-3H3,(H,22,30)(H,23,26)(H,24,31,32)/b25-15+/t13-/m0/s1. The first kappa shape index (κ1) is 22.4. The van der Waals surface area contributed by atoms with Crippen LogP contribution in [0.3, 0.4) is 0 Å². The van der Waals surface area contributed by atoms with Crippen LogP contribution in [0.2, 0.25) is 0 Å². The van der Waals surface area contributed by atoms with E-state index in [0.717, 1.165) is 11.3 Å². The first-order valence-corrected chi connectivity index (χ1v) is 10.5. The van der Waals surface area contributed by atoms with E-state index >= 15 is 0 Å². The third-order valence-electron chi connectivity index (χ3n) is 5.20. The average Bonchev–Trinajstić information content (AvgIpc) is 3.13. The fraction of sp³-hybridized carbons (Fsp3) is 0.381. The predicted octanol–water partition coefficient (Wildman–Crippen LogP) is 0.172. The molecule has 2 aromatic heterocycles. The number of rotatable bonds is 7. The van der Waals surface area contributed by atoms with Crippen molar-refractivity contribution in [3.8, 4) is 0 Å². The van der Waals surface area contributed by atoms with Crippen LogP contribution >= 0.6 is 0 Å². The zero-order valence-corrected chi connectivity index (χ0v) is 18.5. The second-order valence-corrected chi connectivity index (χ2v) is 8.03. The Bertz CT molecular complexity index is 1350. The minimum Gasteiger partial charge on any atom is -0.389 e. The van der Waals surface area contributed by atoms with Gasteiger partial charge in [0.25, 0.3) is 11.5 Å². The molecule has 174 valence electrons. The number of ether oxygens (including phenoxy) is 1. The fourth-order valence-corrected chi connectivity index (χ4v) is 3.52. The van der Waals surface area contributed by atoms with Gasteiger partial charge in [0.1, 0.15) is 5.71 Å². The van der Waals surface area contributed by atoms with Gasteiger partial charge in [0.05, 0.1) is 25.4 Å². The van der Waals surface area contributed by atoms with Crippen molar-refractivity contribution in [1.29, 1.82) is 0 Å². The van der Waals surface area contributed by atoms with Gasteiger partial charge in [-0.2, -0.15) is 10.1 Å². The lowest BCUT2D eigenvalue weighted by atomic mass is 10.0. The SMILES string of the molecule is CC(C)OC[C@@H](O)Cn1c(N/N=C2\Cc3ccccc3NC2=O)nc2c1c(=O)[nH]c(=O)n2C.